The van der Waals surface area contributed by atoms with Gasteiger partial charge in [-0.2, -0.15) is 13.2 Å². The Morgan fingerprint density at radius 3 is 2.27 bits per heavy atom. The fraction of sp³-hybridized carbons (Fsp3) is 0.833. The van der Waals surface area contributed by atoms with Crippen LogP contribution in [-0.2, 0) is 0 Å². The van der Waals surface area contributed by atoms with Crippen molar-refractivity contribution in [2.24, 2.45) is 16.1 Å². The standard InChI is InChI=1S/C6H9F3N2/c1-5(6(7,8)9)2-4(10)11-3-5/h2-3H2,1H3,(H2,10,11). The fourth-order valence-corrected chi connectivity index (χ4v) is 0.977. The topological polar surface area (TPSA) is 38.4 Å². The zero-order chi connectivity index (χ0) is 8.70. The van der Waals surface area contributed by atoms with Crippen LogP contribution in [0.4, 0.5) is 13.2 Å². The van der Waals surface area contributed by atoms with Gasteiger partial charge >= 0.3 is 6.18 Å². The number of amidine groups is 1. The summed E-state index contributed by atoms with van der Waals surface area (Å²) in [6.45, 7) is 0.901. The summed E-state index contributed by atoms with van der Waals surface area (Å²) < 4.78 is 36.6. The lowest BCUT2D eigenvalue weighted by atomic mass is 9.88. The Balaban J connectivity index is 2.74. The highest BCUT2D eigenvalue weighted by molar-refractivity contribution is 5.82. The van der Waals surface area contributed by atoms with Gasteiger partial charge in [0, 0.05) is 6.42 Å². The minimum atomic E-state index is -4.20. The summed E-state index contributed by atoms with van der Waals surface area (Å²) in [6, 6.07) is 0. The maximum Gasteiger partial charge on any atom is 0.396 e. The number of halogens is 3. The molecule has 11 heavy (non-hydrogen) atoms. The molecule has 2 N–H and O–H groups in total. The van der Waals surface area contributed by atoms with E-state index in [1.807, 2.05) is 0 Å². The smallest absolute Gasteiger partial charge is 0.387 e. The van der Waals surface area contributed by atoms with Gasteiger partial charge in [-0.05, 0) is 6.92 Å². The van der Waals surface area contributed by atoms with Crippen molar-refractivity contribution < 1.29 is 13.2 Å². The summed E-state index contributed by atoms with van der Waals surface area (Å²) in [5.41, 5.74) is 3.43. The predicted molar refractivity (Wildman–Crippen MR) is 35.3 cm³/mol. The molecule has 0 aliphatic carbocycles. The predicted octanol–water partition coefficient (Wildman–Crippen LogP) is 1.32. The molecular formula is C6H9F3N2. The molecule has 5 heteroatoms. The Bertz CT molecular complexity index is 196. The van der Waals surface area contributed by atoms with Crippen LogP contribution in [0.25, 0.3) is 0 Å². The molecule has 1 aliphatic heterocycles. The molecule has 0 aromatic rings. The van der Waals surface area contributed by atoms with E-state index in [0.29, 0.717) is 0 Å². The van der Waals surface area contributed by atoms with E-state index in [0.717, 1.165) is 6.92 Å². The zero-order valence-corrected chi connectivity index (χ0v) is 6.07. The van der Waals surface area contributed by atoms with E-state index in [4.69, 9.17) is 5.73 Å². The average Bonchev–Trinajstić information content (AvgIpc) is 2.10. The maximum atomic E-state index is 12.2. The lowest BCUT2D eigenvalue weighted by molar-refractivity contribution is -0.209. The molecule has 0 fully saturated rings. The van der Waals surface area contributed by atoms with Gasteiger partial charge in [0.05, 0.1) is 17.8 Å². The zero-order valence-electron chi connectivity index (χ0n) is 6.07. The highest BCUT2D eigenvalue weighted by Gasteiger charge is 2.53. The largest absolute Gasteiger partial charge is 0.396 e. The van der Waals surface area contributed by atoms with Crippen molar-refractivity contribution in [2.75, 3.05) is 6.54 Å². The van der Waals surface area contributed by atoms with Gasteiger partial charge in [-0.15, -0.1) is 0 Å². The van der Waals surface area contributed by atoms with Crippen molar-refractivity contribution in [1.29, 1.82) is 0 Å². The molecule has 1 aliphatic rings. The van der Waals surface area contributed by atoms with Crippen LogP contribution in [0.2, 0.25) is 0 Å². The molecule has 64 valence electrons. The number of alkyl halides is 3. The van der Waals surface area contributed by atoms with E-state index in [2.05, 4.69) is 4.99 Å². The monoisotopic (exact) mass is 166 g/mol. The molecule has 2 nitrogen and oxygen atoms in total. The van der Waals surface area contributed by atoms with Crippen LogP contribution in [0.3, 0.4) is 0 Å². The van der Waals surface area contributed by atoms with E-state index in [-0.39, 0.29) is 18.8 Å². The molecule has 0 spiro atoms. The SMILES string of the molecule is CC1(C(F)(F)F)CN=C(N)C1. The van der Waals surface area contributed by atoms with Crippen LogP contribution in [-0.4, -0.2) is 18.6 Å². The van der Waals surface area contributed by atoms with Gasteiger partial charge in [0.25, 0.3) is 0 Å². The van der Waals surface area contributed by atoms with Gasteiger partial charge in [0.2, 0.25) is 0 Å². The molecule has 1 rings (SSSR count). The van der Waals surface area contributed by atoms with E-state index in [1.54, 1.807) is 0 Å². The highest BCUT2D eigenvalue weighted by atomic mass is 19.4. The number of nitrogens with two attached hydrogens (primary N) is 1. The van der Waals surface area contributed by atoms with Crippen molar-refractivity contribution in [3.63, 3.8) is 0 Å². The van der Waals surface area contributed by atoms with Crippen LogP contribution in [0, 0.1) is 5.41 Å². The Hall–Kier alpha value is -0.740. The molecular weight excluding hydrogens is 157 g/mol. The van der Waals surface area contributed by atoms with Gasteiger partial charge in [0.1, 0.15) is 0 Å². The van der Waals surface area contributed by atoms with Gasteiger partial charge in [0.15, 0.2) is 0 Å². The lowest BCUT2D eigenvalue weighted by Gasteiger charge is -2.25. The van der Waals surface area contributed by atoms with E-state index < -0.39 is 11.6 Å². The van der Waals surface area contributed by atoms with Gasteiger partial charge in [-0.1, -0.05) is 0 Å². The second-order valence-electron chi connectivity index (χ2n) is 3.04. The van der Waals surface area contributed by atoms with Crippen LogP contribution < -0.4 is 5.73 Å². The normalized spacial score (nSPS) is 32.2. The first-order valence-corrected chi connectivity index (χ1v) is 3.21. The summed E-state index contributed by atoms with van der Waals surface area (Å²) in [7, 11) is 0. The summed E-state index contributed by atoms with van der Waals surface area (Å²) in [6.07, 6.45) is -4.37. The Morgan fingerprint density at radius 2 is 2.09 bits per heavy atom. The third-order valence-electron chi connectivity index (χ3n) is 1.89. The minimum absolute atomic E-state index is 0.102. The molecule has 1 atom stereocenters. The number of nitrogens with zero attached hydrogens (tertiary/aromatic N) is 1. The summed E-state index contributed by atoms with van der Waals surface area (Å²) in [5, 5.41) is 0. The third kappa shape index (κ3) is 1.32. The van der Waals surface area contributed by atoms with Crippen molar-refractivity contribution in [1.82, 2.24) is 0 Å². The average molecular weight is 166 g/mol. The minimum Gasteiger partial charge on any atom is -0.387 e. The molecule has 0 amide bonds. The number of hydrogen-bond donors (Lipinski definition) is 1. The molecule has 1 unspecified atom stereocenters. The van der Waals surface area contributed by atoms with Gasteiger partial charge in [-0.3, -0.25) is 4.99 Å². The second kappa shape index (κ2) is 2.12. The molecule has 0 saturated heterocycles. The lowest BCUT2D eigenvalue weighted by Crippen LogP contribution is -2.36. The van der Waals surface area contributed by atoms with Crippen LogP contribution in [0.1, 0.15) is 13.3 Å². The Morgan fingerprint density at radius 1 is 1.55 bits per heavy atom. The summed E-state index contributed by atoms with van der Waals surface area (Å²) >= 11 is 0. The Labute approximate surface area is 62.3 Å². The molecule has 0 saturated carbocycles. The number of aliphatic imine (C=N–C) groups is 1. The quantitative estimate of drug-likeness (QED) is 0.579. The maximum absolute atomic E-state index is 12.2. The van der Waals surface area contributed by atoms with Crippen molar-refractivity contribution in [3.8, 4) is 0 Å². The van der Waals surface area contributed by atoms with Crippen LogP contribution >= 0.6 is 0 Å². The molecule has 0 radical (unpaired) electrons. The van der Waals surface area contributed by atoms with Crippen LogP contribution in [0.15, 0.2) is 4.99 Å². The third-order valence-corrected chi connectivity index (χ3v) is 1.89. The summed E-state index contributed by atoms with van der Waals surface area (Å²) in [4.78, 5) is 3.53. The van der Waals surface area contributed by atoms with E-state index >= 15 is 0 Å². The van der Waals surface area contributed by atoms with Crippen molar-refractivity contribution in [3.05, 3.63) is 0 Å². The second-order valence-corrected chi connectivity index (χ2v) is 3.04. The van der Waals surface area contributed by atoms with Crippen LogP contribution in [0.5, 0.6) is 0 Å². The summed E-state index contributed by atoms with van der Waals surface area (Å²) in [5.74, 6) is 0.102. The number of hydrogen-bond acceptors (Lipinski definition) is 2. The number of rotatable bonds is 0. The van der Waals surface area contributed by atoms with E-state index in [1.165, 1.54) is 0 Å². The molecule has 0 aromatic carbocycles. The Kier molecular flexibility index (Phi) is 1.61. The van der Waals surface area contributed by atoms with Crippen molar-refractivity contribution in [2.45, 2.75) is 19.5 Å². The first-order valence-electron chi connectivity index (χ1n) is 3.21. The highest BCUT2D eigenvalue weighted by Crippen LogP contribution is 2.43. The fourth-order valence-electron chi connectivity index (χ4n) is 0.977. The van der Waals surface area contributed by atoms with Gasteiger partial charge in [-0.25, -0.2) is 0 Å². The first kappa shape index (κ1) is 8.36. The van der Waals surface area contributed by atoms with Gasteiger partial charge < -0.3 is 5.73 Å². The molecule has 1 heterocycles. The van der Waals surface area contributed by atoms with Crippen molar-refractivity contribution >= 4 is 5.84 Å². The van der Waals surface area contributed by atoms with E-state index in [9.17, 15) is 13.2 Å². The first-order chi connectivity index (χ1) is 4.85. The molecule has 0 aromatic heterocycles. The molecule has 0 bridgehead atoms.